The third kappa shape index (κ3) is 9.77. The third-order valence-electron chi connectivity index (χ3n) is 4.07. The highest BCUT2D eigenvalue weighted by molar-refractivity contribution is 4.71. The fourth-order valence-electron chi connectivity index (χ4n) is 2.28. The van der Waals surface area contributed by atoms with Crippen LogP contribution in [0.25, 0.3) is 0 Å². The van der Waals surface area contributed by atoms with Crippen LogP contribution in [0.3, 0.4) is 0 Å². The zero-order valence-electron chi connectivity index (χ0n) is 14.4. The molecule has 2 heteroatoms. The van der Waals surface area contributed by atoms with Crippen molar-refractivity contribution in [1.29, 1.82) is 0 Å². The third-order valence-corrected chi connectivity index (χ3v) is 4.07. The Hall–Kier alpha value is -0.0800. The van der Waals surface area contributed by atoms with E-state index in [4.69, 9.17) is 9.47 Å². The lowest BCUT2D eigenvalue weighted by Gasteiger charge is -2.24. The summed E-state index contributed by atoms with van der Waals surface area (Å²) in [6.07, 6.45) is 13.4. The maximum Gasteiger partial charge on any atom is 0.0602 e. The fraction of sp³-hybridized carbons (Fsp3) is 1.00. The average Bonchev–Trinajstić information content (AvgIpc) is 2.90. The predicted molar refractivity (Wildman–Crippen MR) is 86.1 cm³/mol. The van der Waals surface area contributed by atoms with Gasteiger partial charge in [-0.05, 0) is 58.8 Å². The second-order valence-electron chi connectivity index (χ2n) is 7.61. The van der Waals surface area contributed by atoms with Gasteiger partial charge in [-0.2, -0.15) is 0 Å². The van der Waals surface area contributed by atoms with Crippen molar-refractivity contribution in [2.45, 2.75) is 103 Å². The van der Waals surface area contributed by atoms with Gasteiger partial charge in [-0.3, -0.25) is 0 Å². The molecule has 0 aromatic carbocycles. The molecule has 0 heterocycles. The molecule has 120 valence electrons. The first kappa shape index (κ1) is 18.0. The Morgan fingerprint density at radius 3 is 1.40 bits per heavy atom. The van der Waals surface area contributed by atoms with Gasteiger partial charge in [0.2, 0.25) is 0 Å². The summed E-state index contributed by atoms with van der Waals surface area (Å²) in [5, 5.41) is 0. The molecule has 3 aliphatic rings. The van der Waals surface area contributed by atoms with Gasteiger partial charge in [-0.25, -0.2) is 0 Å². The maximum absolute atomic E-state index is 5.80. The Balaban J connectivity index is 0.000000168. The second-order valence-corrected chi connectivity index (χ2v) is 7.61. The van der Waals surface area contributed by atoms with Crippen LogP contribution in [0.5, 0.6) is 0 Å². The number of hydrogen-bond acceptors (Lipinski definition) is 2. The van der Waals surface area contributed by atoms with E-state index in [1.807, 2.05) is 0 Å². The van der Waals surface area contributed by atoms with E-state index in [0.717, 1.165) is 5.92 Å². The van der Waals surface area contributed by atoms with E-state index in [2.05, 4.69) is 27.7 Å². The lowest BCUT2D eigenvalue weighted by atomic mass is 9.96. The van der Waals surface area contributed by atoms with Gasteiger partial charge in [0.05, 0.1) is 17.8 Å². The van der Waals surface area contributed by atoms with E-state index >= 15 is 0 Å². The van der Waals surface area contributed by atoms with Crippen molar-refractivity contribution in [3.8, 4) is 0 Å². The molecular weight excluding hydrogens is 248 g/mol. The van der Waals surface area contributed by atoms with Crippen LogP contribution in [0, 0.1) is 5.92 Å². The molecule has 0 N–H and O–H groups in total. The van der Waals surface area contributed by atoms with E-state index in [9.17, 15) is 0 Å². The Morgan fingerprint density at radius 1 is 0.750 bits per heavy atom. The second kappa shape index (κ2) is 9.04. The number of ether oxygens (including phenoxy) is 2. The summed E-state index contributed by atoms with van der Waals surface area (Å²) < 4.78 is 10.8. The van der Waals surface area contributed by atoms with Crippen molar-refractivity contribution in [1.82, 2.24) is 0 Å². The van der Waals surface area contributed by atoms with Crippen LogP contribution in [0.15, 0.2) is 0 Å². The minimum Gasteiger partial charge on any atom is -0.381 e. The minimum absolute atomic E-state index is 0.0645. The van der Waals surface area contributed by atoms with Crippen LogP contribution < -0.4 is 0 Å². The summed E-state index contributed by atoms with van der Waals surface area (Å²) in [6.45, 7) is 8.67. The van der Waals surface area contributed by atoms with Crippen LogP contribution in [0.2, 0.25) is 0 Å². The Bertz CT molecular complexity index is 228. The number of rotatable bonds is 2. The molecule has 0 amide bonds. The molecule has 0 bridgehead atoms. The molecule has 0 aromatic heterocycles. The summed E-state index contributed by atoms with van der Waals surface area (Å²) in [5.41, 5.74) is 0.0645. The first-order valence-electron chi connectivity index (χ1n) is 8.61. The molecule has 2 nitrogen and oxygen atoms in total. The Labute approximate surface area is 126 Å². The summed E-state index contributed by atoms with van der Waals surface area (Å²) >= 11 is 0. The van der Waals surface area contributed by atoms with Crippen molar-refractivity contribution in [2.24, 2.45) is 5.92 Å². The van der Waals surface area contributed by atoms with Crippen LogP contribution >= 0.6 is 0 Å². The average molecular weight is 284 g/mol. The normalized spacial score (nSPS) is 23.2. The van der Waals surface area contributed by atoms with E-state index in [1.54, 1.807) is 7.11 Å². The molecule has 0 saturated heterocycles. The van der Waals surface area contributed by atoms with Crippen LogP contribution in [-0.2, 0) is 9.47 Å². The van der Waals surface area contributed by atoms with Crippen molar-refractivity contribution in [3.63, 3.8) is 0 Å². The van der Waals surface area contributed by atoms with Crippen molar-refractivity contribution < 1.29 is 9.47 Å². The number of hydrogen-bond donors (Lipinski definition) is 0. The monoisotopic (exact) mass is 284 g/mol. The van der Waals surface area contributed by atoms with Gasteiger partial charge in [-0.15, -0.1) is 0 Å². The smallest absolute Gasteiger partial charge is 0.0602 e. The molecule has 0 aromatic rings. The highest BCUT2D eigenvalue weighted by Crippen LogP contribution is 2.26. The Kier molecular flexibility index (Phi) is 8.13. The largest absolute Gasteiger partial charge is 0.381 e. The highest BCUT2D eigenvalue weighted by Gasteiger charge is 2.21. The zero-order chi connectivity index (χ0) is 15.0. The van der Waals surface area contributed by atoms with Gasteiger partial charge in [0.15, 0.2) is 0 Å². The van der Waals surface area contributed by atoms with Crippen LogP contribution in [0.1, 0.15) is 85.5 Å². The molecule has 0 spiro atoms. The van der Waals surface area contributed by atoms with E-state index in [1.165, 1.54) is 57.8 Å². The van der Waals surface area contributed by atoms with E-state index in [-0.39, 0.29) is 5.60 Å². The van der Waals surface area contributed by atoms with Gasteiger partial charge in [0, 0.05) is 7.11 Å². The van der Waals surface area contributed by atoms with Gasteiger partial charge < -0.3 is 9.47 Å². The fourth-order valence-corrected chi connectivity index (χ4v) is 2.28. The first-order chi connectivity index (χ1) is 9.40. The molecule has 20 heavy (non-hydrogen) atoms. The standard InChI is InChI=1S/C9H18O.C5H10O.C4H8/c1-9(2,3)10-8-6-4-5-7-8;1-6-5-3-2-4-5;1-4-2-3-4/h8H,4-7H2,1-3H3;5H,2-4H2,1H3;4H,2-3H2,1H3. The first-order valence-corrected chi connectivity index (χ1v) is 8.61. The summed E-state index contributed by atoms with van der Waals surface area (Å²) in [5.74, 6) is 1.08. The van der Waals surface area contributed by atoms with Crippen LogP contribution in [-0.4, -0.2) is 24.9 Å². The molecule has 3 saturated carbocycles. The predicted octanol–water partition coefficient (Wildman–Crippen LogP) is 5.35. The molecule has 0 aliphatic heterocycles. The van der Waals surface area contributed by atoms with Crippen LogP contribution in [0.4, 0.5) is 0 Å². The Morgan fingerprint density at radius 2 is 1.20 bits per heavy atom. The molecule has 0 unspecified atom stereocenters. The van der Waals surface area contributed by atoms with E-state index in [0.29, 0.717) is 12.2 Å². The summed E-state index contributed by atoms with van der Waals surface area (Å²) in [6, 6.07) is 0. The molecule has 0 radical (unpaired) electrons. The quantitative estimate of drug-likeness (QED) is 0.681. The lowest BCUT2D eigenvalue weighted by molar-refractivity contribution is -0.0558. The minimum atomic E-state index is 0.0645. The SMILES string of the molecule is CC(C)(C)OC1CCCC1.CC1CC1.COC1CCC1. The lowest BCUT2D eigenvalue weighted by Crippen LogP contribution is -2.25. The molecule has 3 fully saturated rings. The molecule has 0 atom stereocenters. The van der Waals surface area contributed by atoms with Crippen molar-refractivity contribution in [2.75, 3.05) is 7.11 Å². The highest BCUT2D eigenvalue weighted by atomic mass is 16.5. The molecular formula is C18H36O2. The maximum atomic E-state index is 5.80. The van der Waals surface area contributed by atoms with Gasteiger partial charge in [-0.1, -0.05) is 32.6 Å². The zero-order valence-corrected chi connectivity index (χ0v) is 14.4. The van der Waals surface area contributed by atoms with Crippen molar-refractivity contribution in [3.05, 3.63) is 0 Å². The number of methoxy groups -OCH3 is 1. The molecule has 3 aliphatic carbocycles. The topological polar surface area (TPSA) is 18.5 Å². The van der Waals surface area contributed by atoms with Gasteiger partial charge in [0.1, 0.15) is 0 Å². The van der Waals surface area contributed by atoms with Crippen molar-refractivity contribution >= 4 is 0 Å². The summed E-state index contributed by atoms with van der Waals surface area (Å²) in [7, 11) is 1.78. The molecule has 3 rings (SSSR count). The van der Waals surface area contributed by atoms with E-state index < -0.39 is 0 Å². The van der Waals surface area contributed by atoms with Gasteiger partial charge >= 0.3 is 0 Å². The summed E-state index contributed by atoms with van der Waals surface area (Å²) in [4.78, 5) is 0. The van der Waals surface area contributed by atoms with Gasteiger partial charge in [0.25, 0.3) is 0 Å².